The molecule has 3 N–H and O–H groups in total. The number of hydrogen-bond acceptors (Lipinski definition) is 5. The van der Waals surface area contributed by atoms with Gasteiger partial charge in [0.05, 0.1) is 11.4 Å². The summed E-state index contributed by atoms with van der Waals surface area (Å²) in [7, 11) is 0. The van der Waals surface area contributed by atoms with Gasteiger partial charge < -0.3 is 5.11 Å². The van der Waals surface area contributed by atoms with E-state index in [1.165, 1.54) is 0 Å². The molecule has 1 amide bonds. The molecule has 156 valence electrons. The summed E-state index contributed by atoms with van der Waals surface area (Å²) in [6.45, 7) is 5.63. The van der Waals surface area contributed by atoms with E-state index in [1.807, 2.05) is 6.07 Å². The molecule has 1 aromatic heterocycles. The molecule has 8 nitrogen and oxygen atoms in total. The van der Waals surface area contributed by atoms with Crippen LogP contribution in [0.4, 0.5) is 0 Å². The molecule has 0 bridgehead atoms. The van der Waals surface area contributed by atoms with E-state index in [0.717, 1.165) is 35.8 Å². The van der Waals surface area contributed by atoms with Crippen LogP contribution in [-0.2, 0) is 4.79 Å². The fourth-order valence-corrected chi connectivity index (χ4v) is 3.03. The highest BCUT2D eigenvalue weighted by molar-refractivity contribution is 6.02. The van der Waals surface area contributed by atoms with Crippen molar-refractivity contribution in [2.24, 2.45) is 5.10 Å². The summed E-state index contributed by atoms with van der Waals surface area (Å²) in [5.41, 5.74) is 2.19. The number of hydrogen-bond donors (Lipinski definition) is 3. The summed E-state index contributed by atoms with van der Waals surface area (Å²) in [4.78, 5) is 39.0. The maximum atomic E-state index is 12.4. The lowest BCUT2D eigenvalue weighted by Gasteiger charge is -2.14. The SMILES string of the molecule is CCCCCCC(=O)N/N=C(/CC)c1c(O)n(-c2ccccc2C)c(=O)[nH]c1=O. The first-order valence-electron chi connectivity index (χ1n) is 9.90. The average Bonchev–Trinajstić information content (AvgIpc) is 2.69. The van der Waals surface area contributed by atoms with Crippen molar-refractivity contribution < 1.29 is 9.90 Å². The number of carbonyl (C=O) groups is 1. The summed E-state index contributed by atoms with van der Waals surface area (Å²) in [6.07, 6.45) is 4.50. The van der Waals surface area contributed by atoms with Crippen molar-refractivity contribution in [1.82, 2.24) is 15.0 Å². The van der Waals surface area contributed by atoms with Crippen molar-refractivity contribution in [2.75, 3.05) is 0 Å². The second-order valence-electron chi connectivity index (χ2n) is 6.84. The molecule has 0 saturated heterocycles. The molecule has 0 radical (unpaired) electrons. The van der Waals surface area contributed by atoms with Gasteiger partial charge in [0, 0.05) is 6.42 Å². The predicted octanol–water partition coefficient (Wildman–Crippen LogP) is 2.74. The van der Waals surface area contributed by atoms with Gasteiger partial charge >= 0.3 is 5.69 Å². The number of nitrogens with zero attached hydrogens (tertiary/aromatic N) is 2. The second kappa shape index (κ2) is 10.4. The van der Waals surface area contributed by atoms with Gasteiger partial charge in [-0.15, -0.1) is 0 Å². The lowest BCUT2D eigenvalue weighted by Crippen LogP contribution is -2.34. The Bertz CT molecular complexity index is 1000. The molecule has 0 aliphatic heterocycles. The molecule has 2 rings (SSSR count). The summed E-state index contributed by atoms with van der Waals surface area (Å²) < 4.78 is 1.03. The van der Waals surface area contributed by atoms with Crippen molar-refractivity contribution in [2.45, 2.75) is 59.3 Å². The number of aromatic nitrogens is 2. The number of unbranched alkanes of at least 4 members (excludes halogenated alkanes) is 3. The number of amides is 1. The minimum absolute atomic E-state index is 0.137. The van der Waals surface area contributed by atoms with Crippen molar-refractivity contribution in [3.05, 3.63) is 56.2 Å². The van der Waals surface area contributed by atoms with E-state index in [-0.39, 0.29) is 23.6 Å². The van der Waals surface area contributed by atoms with Gasteiger partial charge in [-0.2, -0.15) is 5.10 Å². The lowest BCUT2D eigenvalue weighted by atomic mass is 10.1. The number of hydrazone groups is 1. The topological polar surface area (TPSA) is 117 Å². The van der Waals surface area contributed by atoms with Gasteiger partial charge in [-0.05, 0) is 31.4 Å². The molecule has 0 fully saturated rings. The molecular weight excluding hydrogens is 372 g/mol. The molecule has 2 aromatic rings. The highest BCUT2D eigenvalue weighted by Gasteiger charge is 2.20. The van der Waals surface area contributed by atoms with Crippen LogP contribution in [0.3, 0.4) is 0 Å². The van der Waals surface area contributed by atoms with Crippen molar-refractivity contribution >= 4 is 11.6 Å². The van der Waals surface area contributed by atoms with Crippen LogP contribution in [0.1, 0.15) is 63.5 Å². The number of nitrogens with one attached hydrogen (secondary N) is 2. The zero-order chi connectivity index (χ0) is 21.4. The van der Waals surface area contributed by atoms with Crippen LogP contribution in [0.2, 0.25) is 0 Å². The lowest BCUT2D eigenvalue weighted by molar-refractivity contribution is -0.121. The van der Waals surface area contributed by atoms with Crippen LogP contribution in [0.25, 0.3) is 5.69 Å². The maximum Gasteiger partial charge on any atom is 0.335 e. The third kappa shape index (κ3) is 5.43. The Balaban J connectivity index is 2.38. The molecule has 29 heavy (non-hydrogen) atoms. The Hall–Kier alpha value is -3.16. The Morgan fingerprint density at radius 3 is 2.55 bits per heavy atom. The fourth-order valence-electron chi connectivity index (χ4n) is 3.03. The van der Waals surface area contributed by atoms with Gasteiger partial charge in [0.15, 0.2) is 0 Å². The third-order valence-electron chi connectivity index (χ3n) is 4.64. The van der Waals surface area contributed by atoms with E-state index in [2.05, 4.69) is 22.4 Å². The van der Waals surface area contributed by atoms with Crippen molar-refractivity contribution in [3.63, 3.8) is 0 Å². The first kappa shape index (κ1) is 22.1. The number of carbonyl (C=O) groups excluding carboxylic acids is 1. The van der Waals surface area contributed by atoms with Gasteiger partial charge in [-0.1, -0.05) is 51.3 Å². The summed E-state index contributed by atoms with van der Waals surface area (Å²) in [5, 5.41) is 14.8. The Morgan fingerprint density at radius 2 is 1.90 bits per heavy atom. The van der Waals surface area contributed by atoms with E-state index in [0.29, 0.717) is 12.1 Å². The smallest absolute Gasteiger partial charge is 0.335 e. The van der Waals surface area contributed by atoms with E-state index in [4.69, 9.17) is 0 Å². The first-order valence-corrected chi connectivity index (χ1v) is 9.90. The normalized spacial score (nSPS) is 11.5. The van der Waals surface area contributed by atoms with Crippen LogP contribution in [0.5, 0.6) is 5.88 Å². The zero-order valence-electron chi connectivity index (χ0n) is 17.1. The van der Waals surface area contributed by atoms with Gasteiger partial charge in [0.2, 0.25) is 11.8 Å². The van der Waals surface area contributed by atoms with Crippen LogP contribution >= 0.6 is 0 Å². The molecule has 0 aliphatic rings. The number of rotatable bonds is 9. The first-order chi connectivity index (χ1) is 13.9. The highest BCUT2D eigenvalue weighted by Crippen LogP contribution is 2.20. The Kier molecular flexibility index (Phi) is 7.94. The minimum atomic E-state index is -0.755. The number of aryl methyl sites for hydroxylation is 1. The standard InChI is InChI=1S/C21H28N4O4/c1-4-6-7-8-13-17(26)24-23-15(5-2)18-19(27)22-21(29)25(20(18)28)16-12-10-9-11-14(16)3/h9-12,28H,4-8,13H2,1-3H3,(H,24,26)(H,22,27,29)/b23-15-. The Morgan fingerprint density at radius 1 is 1.17 bits per heavy atom. The summed E-state index contributed by atoms with van der Waals surface area (Å²) in [5.74, 6) is -0.763. The fraction of sp³-hybridized carbons (Fsp3) is 0.429. The molecule has 0 atom stereocenters. The number of aromatic amines is 1. The number of benzene rings is 1. The average molecular weight is 400 g/mol. The number of para-hydroxylation sites is 1. The minimum Gasteiger partial charge on any atom is -0.493 e. The molecule has 1 heterocycles. The highest BCUT2D eigenvalue weighted by atomic mass is 16.3. The van der Waals surface area contributed by atoms with E-state index < -0.39 is 17.1 Å². The maximum absolute atomic E-state index is 12.4. The molecule has 0 spiro atoms. The molecule has 8 heteroatoms. The van der Waals surface area contributed by atoms with E-state index in [1.54, 1.807) is 32.0 Å². The second-order valence-corrected chi connectivity index (χ2v) is 6.84. The molecule has 0 unspecified atom stereocenters. The molecule has 1 aromatic carbocycles. The van der Waals surface area contributed by atoms with Crippen LogP contribution in [0, 0.1) is 6.92 Å². The largest absolute Gasteiger partial charge is 0.493 e. The molecule has 0 saturated carbocycles. The molecule has 0 aliphatic carbocycles. The van der Waals surface area contributed by atoms with Crippen molar-refractivity contribution in [1.29, 1.82) is 0 Å². The quantitative estimate of drug-likeness (QED) is 0.341. The van der Waals surface area contributed by atoms with Crippen molar-refractivity contribution in [3.8, 4) is 11.6 Å². The van der Waals surface area contributed by atoms with Gasteiger partial charge in [-0.25, -0.2) is 14.8 Å². The third-order valence-corrected chi connectivity index (χ3v) is 4.64. The monoisotopic (exact) mass is 400 g/mol. The predicted molar refractivity (Wildman–Crippen MR) is 113 cm³/mol. The van der Waals surface area contributed by atoms with Crippen LogP contribution in [-0.4, -0.2) is 26.3 Å². The number of H-pyrrole nitrogens is 1. The zero-order valence-corrected chi connectivity index (χ0v) is 17.1. The Labute approximate surface area is 169 Å². The van der Waals surface area contributed by atoms with Gasteiger partial charge in [-0.3, -0.25) is 14.6 Å². The van der Waals surface area contributed by atoms with Crippen LogP contribution < -0.4 is 16.7 Å². The molecular formula is C21H28N4O4. The van der Waals surface area contributed by atoms with Gasteiger partial charge in [0.1, 0.15) is 5.56 Å². The number of aromatic hydroxyl groups is 1. The summed E-state index contributed by atoms with van der Waals surface area (Å²) in [6, 6.07) is 6.99. The van der Waals surface area contributed by atoms with Gasteiger partial charge in [0.25, 0.3) is 5.56 Å². The summed E-state index contributed by atoms with van der Waals surface area (Å²) >= 11 is 0. The van der Waals surface area contributed by atoms with Crippen LogP contribution in [0.15, 0.2) is 39.0 Å². The van der Waals surface area contributed by atoms with E-state index in [9.17, 15) is 19.5 Å². The van der Waals surface area contributed by atoms with E-state index >= 15 is 0 Å².